The van der Waals surface area contributed by atoms with E-state index in [0.717, 1.165) is 51.6 Å². The molecule has 0 aliphatic carbocycles. The monoisotopic (exact) mass is 710 g/mol. The summed E-state index contributed by atoms with van der Waals surface area (Å²) in [7, 11) is 0. The maximum absolute atomic E-state index is 4.85. The molecule has 0 amide bonds. The number of aromatic nitrogens is 2. The molecule has 0 fully saturated rings. The van der Waals surface area contributed by atoms with Crippen molar-refractivity contribution in [2.45, 2.75) is 27.7 Å². The summed E-state index contributed by atoms with van der Waals surface area (Å²) in [5.74, 6) is 0. The van der Waals surface area contributed by atoms with Crippen molar-refractivity contribution in [3.63, 3.8) is 0 Å². The van der Waals surface area contributed by atoms with Gasteiger partial charge >= 0.3 is 0 Å². The Kier molecular flexibility index (Phi) is 10.2. The van der Waals surface area contributed by atoms with Crippen LogP contribution in [0, 0.1) is 45.9 Å². The molecule has 5 aromatic rings. The molecule has 3 heterocycles. The van der Waals surface area contributed by atoms with Crippen molar-refractivity contribution in [2.75, 3.05) is 6.54 Å². The van der Waals surface area contributed by atoms with Crippen LogP contribution in [-0.4, -0.2) is 16.5 Å². The number of pyridine rings is 2. The van der Waals surface area contributed by atoms with Crippen LogP contribution in [0.4, 0.5) is 0 Å². The van der Waals surface area contributed by atoms with E-state index in [1.54, 1.807) is 0 Å². The molecule has 3 nitrogen and oxygen atoms in total. The Balaban J connectivity index is 0.000000184. The van der Waals surface area contributed by atoms with Gasteiger partial charge in [-0.2, -0.15) is 0 Å². The molecule has 0 saturated heterocycles. The number of hydrogen-bond acceptors (Lipinski definition) is 2. The SMILES string of the molecule is Cc1cc(C)c(-c2[c-]cccc2)nc1-c1[c-]cccc1.Cc1cc(C)c(-c2ccccn2)[c-]c1C1=CC=CC[N-]1.[Ir]. The molecule has 2 aromatic heterocycles. The predicted octanol–water partition coefficient (Wildman–Crippen LogP) is 9.08. The van der Waals surface area contributed by atoms with Gasteiger partial charge in [-0.15, -0.1) is 119 Å². The summed E-state index contributed by atoms with van der Waals surface area (Å²) in [6.07, 6.45) is 7.96. The van der Waals surface area contributed by atoms with Crippen LogP contribution in [0.3, 0.4) is 0 Å². The van der Waals surface area contributed by atoms with E-state index in [1.807, 2.05) is 85.1 Å². The minimum Gasteiger partial charge on any atom is -0.716 e. The standard InChI is InChI=1S/C19H15N.C18H16N2.Ir/c1-14-13-15(2)19(17-11-7-4-8-12-17)20-18(14)16-9-5-3-6-10-16;1-13-11-14(2)16(18-8-4-6-10-20-18)12-15(13)17-7-3-5-9-19-17;/h3-9,11,13H,1-2H3;3-9,11H,10H2,1-2H3;/q2*-2;. The number of hydrogen-bond donors (Lipinski definition) is 0. The van der Waals surface area contributed by atoms with Gasteiger partial charge in [0.05, 0.1) is 0 Å². The van der Waals surface area contributed by atoms with Crippen LogP contribution in [0.15, 0.2) is 103 Å². The Labute approximate surface area is 257 Å². The van der Waals surface area contributed by atoms with Gasteiger partial charge in [-0.05, 0) is 31.3 Å². The third kappa shape index (κ3) is 7.16. The first-order valence-corrected chi connectivity index (χ1v) is 13.4. The van der Waals surface area contributed by atoms with Gasteiger partial charge in [0.25, 0.3) is 0 Å². The molecule has 0 spiro atoms. The number of nitrogens with zero attached hydrogens (tertiary/aromatic N) is 3. The Bertz CT molecular complexity index is 1600. The van der Waals surface area contributed by atoms with E-state index in [1.165, 1.54) is 22.3 Å². The van der Waals surface area contributed by atoms with Crippen molar-refractivity contribution in [3.05, 3.63) is 155 Å². The molecule has 3 aromatic carbocycles. The van der Waals surface area contributed by atoms with Gasteiger partial charge in [0.1, 0.15) is 0 Å². The van der Waals surface area contributed by atoms with Crippen molar-refractivity contribution in [2.24, 2.45) is 0 Å². The second-order valence-electron chi connectivity index (χ2n) is 9.79. The number of aryl methyl sites for hydroxylation is 4. The summed E-state index contributed by atoms with van der Waals surface area (Å²) in [5, 5.41) is 4.55. The third-order valence-corrected chi connectivity index (χ3v) is 6.74. The van der Waals surface area contributed by atoms with Crippen molar-refractivity contribution in [1.82, 2.24) is 9.97 Å². The minimum absolute atomic E-state index is 0. The van der Waals surface area contributed by atoms with E-state index in [0.29, 0.717) is 0 Å². The fraction of sp³-hybridized carbons (Fsp3) is 0.135. The van der Waals surface area contributed by atoms with E-state index in [-0.39, 0.29) is 20.1 Å². The Hall–Kier alpha value is -4.11. The summed E-state index contributed by atoms with van der Waals surface area (Å²) in [6, 6.07) is 36.2. The van der Waals surface area contributed by atoms with Gasteiger partial charge in [0, 0.05) is 32.0 Å². The fourth-order valence-electron chi connectivity index (χ4n) is 4.80. The van der Waals surface area contributed by atoms with Gasteiger partial charge in [-0.1, -0.05) is 54.8 Å². The second-order valence-corrected chi connectivity index (χ2v) is 9.79. The first kappa shape index (κ1) is 29.9. The minimum atomic E-state index is 0. The predicted molar refractivity (Wildman–Crippen MR) is 166 cm³/mol. The van der Waals surface area contributed by atoms with E-state index in [2.05, 4.69) is 74.4 Å². The van der Waals surface area contributed by atoms with E-state index in [9.17, 15) is 0 Å². The van der Waals surface area contributed by atoms with Crippen LogP contribution in [0.5, 0.6) is 0 Å². The van der Waals surface area contributed by atoms with Crippen LogP contribution in [-0.2, 0) is 20.1 Å². The maximum atomic E-state index is 4.85. The number of benzene rings is 3. The van der Waals surface area contributed by atoms with Crippen LogP contribution < -0.4 is 0 Å². The van der Waals surface area contributed by atoms with E-state index < -0.39 is 0 Å². The normalized spacial score (nSPS) is 11.9. The molecule has 0 N–H and O–H groups in total. The second kappa shape index (κ2) is 14.0. The van der Waals surface area contributed by atoms with Crippen molar-refractivity contribution in [1.29, 1.82) is 0 Å². The maximum Gasteiger partial charge on any atom is 0.0183 e. The quantitative estimate of drug-likeness (QED) is 0.175. The van der Waals surface area contributed by atoms with Crippen LogP contribution in [0.1, 0.15) is 27.8 Å². The zero-order chi connectivity index (χ0) is 27.9. The van der Waals surface area contributed by atoms with Crippen LogP contribution in [0.2, 0.25) is 0 Å². The first-order valence-electron chi connectivity index (χ1n) is 13.4. The molecular weight excluding hydrogens is 679 g/mol. The van der Waals surface area contributed by atoms with Gasteiger partial charge < -0.3 is 10.3 Å². The van der Waals surface area contributed by atoms with Gasteiger partial charge in [0.2, 0.25) is 0 Å². The van der Waals surface area contributed by atoms with Crippen molar-refractivity contribution >= 4 is 5.70 Å². The average molecular weight is 710 g/mol. The zero-order valence-electron chi connectivity index (χ0n) is 23.7. The molecule has 0 bridgehead atoms. The summed E-state index contributed by atoms with van der Waals surface area (Å²) >= 11 is 0. The van der Waals surface area contributed by atoms with Crippen LogP contribution >= 0.6 is 0 Å². The molecule has 0 unspecified atom stereocenters. The van der Waals surface area contributed by atoms with E-state index in [4.69, 9.17) is 4.98 Å². The fourth-order valence-corrected chi connectivity index (χ4v) is 4.80. The molecule has 1 aliphatic rings. The summed E-state index contributed by atoms with van der Waals surface area (Å²) in [4.78, 5) is 9.28. The van der Waals surface area contributed by atoms with Crippen molar-refractivity contribution in [3.8, 4) is 33.8 Å². The summed E-state index contributed by atoms with van der Waals surface area (Å²) in [5.41, 5.74) is 12.9. The van der Waals surface area contributed by atoms with Gasteiger partial charge in [0.15, 0.2) is 0 Å². The first-order chi connectivity index (χ1) is 19.5. The molecule has 0 saturated carbocycles. The molecule has 1 radical (unpaired) electrons. The van der Waals surface area contributed by atoms with Crippen LogP contribution in [0.25, 0.3) is 44.8 Å². The van der Waals surface area contributed by atoms with E-state index >= 15 is 0 Å². The van der Waals surface area contributed by atoms with Gasteiger partial charge in [-0.3, -0.25) is 4.98 Å². The molecule has 4 heteroatoms. The number of rotatable bonds is 4. The largest absolute Gasteiger partial charge is 0.716 e. The Morgan fingerprint density at radius 3 is 1.85 bits per heavy atom. The number of allylic oxidation sites excluding steroid dienone is 2. The van der Waals surface area contributed by atoms with Crippen molar-refractivity contribution < 1.29 is 20.1 Å². The smallest absolute Gasteiger partial charge is 0.0183 e. The van der Waals surface area contributed by atoms with Gasteiger partial charge in [-0.25, -0.2) is 5.70 Å². The molecule has 0 atom stereocenters. The zero-order valence-corrected chi connectivity index (χ0v) is 26.1. The molecule has 207 valence electrons. The molecular formula is C37H31IrN3-4. The molecule has 6 rings (SSSR count). The molecule has 41 heavy (non-hydrogen) atoms. The average Bonchev–Trinajstić information content (AvgIpc) is 2.99. The summed E-state index contributed by atoms with van der Waals surface area (Å²) in [6.45, 7) is 9.13. The third-order valence-electron chi connectivity index (χ3n) is 6.74. The summed E-state index contributed by atoms with van der Waals surface area (Å²) < 4.78 is 0. The Morgan fingerprint density at radius 2 is 1.32 bits per heavy atom. The topological polar surface area (TPSA) is 39.9 Å². The Morgan fingerprint density at radius 1 is 0.707 bits per heavy atom. The molecule has 1 aliphatic heterocycles.